The number of rotatable bonds is 5. The van der Waals surface area contributed by atoms with E-state index in [4.69, 9.17) is 9.84 Å². The summed E-state index contributed by atoms with van der Waals surface area (Å²) < 4.78 is 7.65. The molecule has 1 aromatic heterocycles. The maximum absolute atomic E-state index is 10.9. The first kappa shape index (κ1) is 13.1. The minimum atomic E-state index is -0.958. The largest absolute Gasteiger partial charge is 0.485 e. The third-order valence-electron chi connectivity index (χ3n) is 2.93. The lowest BCUT2D eigenvalue weighted by atomic mass is 10.1. The molecule has 0 saturated heterocycles. The molecule has 1 aromatic carbocycles. The van der Waals surface area contributed by atoms with E-state index in [1.807, 2.05) is 24.6 Å². The number of hydrogen-bond acceptors (Lipinski definition) is 3. The lowest BCUT2D eigenvalue weighted by Gasteiger charge is -2.10. The van der Waals surface area contributed by atoms with Crippen LogP contribution in [0.5, 0.6) is 5.75 Å². The maximum Gasteiger partial charge on any atom is 0.335 e. The second-order valence-corrected chi connectivity index (χ2v) is 4.20. The van der Waals surface area contributed by atoms with Gasteiger partial charge >= 0.3 is 5.97 Å². The minimum absolute atomic E-state index is 0.222. The molecule has 0 saturated carbocycles. The molecule has 0 aliphatic rings. The summed E-state index contributed by atoms with van der Waals surface area (Å²) >= 11 is 0. The average Bonchev–Trinajstić information content (AvgIpc) is 2.85. The molecule has 0 radical (unpaired) electrons. The number of aromatic nitrogens is 2. The van der Waals surface area contributed by atoms with Crippen LogP contribution in [0.4, 0.5) is 0 Å². The van der Waals surface area contributed by atoms with Crippen molar-refractivity contribution in [3.05, 3.63) is 47.5 Å². The Hall–Kier alpha value is -2.30. The van der Waals surface area contributed by atoms with E-state index in [9.17, 15) is 4.79 Å². The van der Waals surface area contributed by atoms with Gasteiger partial charge in [0.2, 0.25) is 0 Å². The monoisotopic (exact) mass is 260 g/mol. The summed E-state index contributed by atoms with van der Waals surface area (Å²) in [5.41, 5.74) is 1.12. The van der Waals surface area contributed by atoms with Crippen molar-refractivity contribution in [3.8, 4) is 5.75 Å². The van der Waals surface area contributed by atoms with Gasteiger partial charge < -0.3 is 14.4 Å². The van der Waals surface area contributed by atoms with Crippen molar-refractivity contribution in [3.63, 3.8) is 0 Å². The number of aromatic carboxylic acids is 1. The van der Waals surface area contributed by atoms with E-state index in [0.717, 1.165) is 17.9 Å². The number of aryl methyl sites for hydroxylation is 2. The molecular formula is C14H16N2O3. The van der Waals surface area contributed by atoms with Crippen molar-refractivity contribution in [1.82, 2.24) is 9.55 Å². The predicted octanol–water partition coefficient (Wildman–Crippen LogP) is 2.49. The number of benzene rings is 1. The van der Waals surface area contributed by atoms with E-state index in [0.29, 0.717) is 12.4 Å². The summed E-state index contributed by atoms with van der Waals surface area (Å²) in [7, 11) is 0. The molecule has 1 N–H and O–H groups in total. The lowest BCUT2D eigenvalue weighted by Crippen LogP contribution is -2.06. The zero-order valence-corrected chi connectivity index (χ0v) is 11.0. The fraction of sp³-hybridized carbons (Fsp3) is 0.286. The fourth-order valence-electron chi connectivity index (χ4n) is 1.80. The van der Waals surface area contributed by atoms with Crippen LogP contribution in [0.1, 0.15) is 28.7 Å². The number of hydrogen-bond donors (Lipinski definition) is 1. The lowest BCUT2D eigenvalue weighted by molar-refractivity contribution is 0.0696. The van der Waals surface area contributed by atoms with E-state index in [2.05, 4.69) is 4.98 Å². The van der Waals surface area contributed by atoms with Gasteiger partial charge in [0.1, 0.15) is 18.2 Å². The summed E-state index contributed by atoms with van der Waals surface area (Å²) in [5.74, 6) is 0.438. The van der Waals surface area contributed by atoms with E-state index in [1.54, 1.807) is 18.3 Å². The molecule has 0 bridgehead atoms. The van der Waals surface area contributed by atoms with E-state index >= 15 is 0 Å². The summed E-state index contributed by atoms with van der Waals surface area (Å²) in [6.45, 7) is 5.06. The molecule has 1 heterocycles. The molecule has 0 fully saturated rings. The Kier molecular flexibility index (Phi) is 3.85. The Morgan fingerprint density at radius 1 is 1.47 bits per heavy atom. The van der Waals surface area contributed by atoms with Crippen molar-refractivity contribution in [1.29, 1.82) is 0 Å². The summed E-state index contributed by atoms with van der Waals surface area (Å²) in [4.78, 5) is 15.1. The molecule has 2 rings (SSSR count). The van der Waals surface area contributed by atoms with Gasteiger partial charge in [0.25, 0.3) is 0 Å². The van der Waals surface area contributed by atoms with Crippen LogP contribution >= 0.6 is 0 Å². The Bertz CT molecular complexity index is 590. The van der Waals surface area contributed by atoms with Gasteiger partial charge in [-0.05, 0) is 31.5 Å². The first-order chi connectivity index (χ1) is 9.11. The van der Waals surface area contributed by atoms with Gasteiger partial charge in [0, 0.05) is 18.9 Å². The van der Waals surface area contributed by atoms with Gasteiger partial charge in [-0.2, -0.15) is 0 Å². The quantitative estimate of drug-likeness (QED) is 0.897. The topological polar surface area (TPSA) is 64.4 Å². The van der Waals surface area contributed by atoms with E-state index < -0.39 is 5.97 Å². The van der Waals surface area contributed by atoms with Crippen molar-refractivity contribution in [2.75, 3.05) is 0 Å². The van der Waals surface area contributed by atoms with Crippen molar-refractivity contribution < 1.29 is 14.6 Å². The van der Waals surface area contributed by atoms with Crippen molar-refractivity contribution in [2.45, 2.75) is 27.0 Å². The minimum Gasteiger partial charge on any atom is -0.485 e. The third kappa shape index (κ3) is 2.93. The van der Waals surface area contributed by atoms with Crippen LogP contribution in [-0.2, 0) is 13.2 Å². The highest BCUT2D eigenvalue weighted by Gasteiger charge is 2.08. The number of carboxylic acids is 1. The molecular weight excluding hydrogens is 244 g/mol. The predicted molar refractivity (Wildman–Crippen MR) is 70.4 cm³/mol. The molecule has 0 aliphatic carbocycles. The van der Waals surface area contributed by atoms with Gasteiger partial charge in [-0.1, -0.05) is 6.07 Å². The van der Waals surface area contributed by atoms with Gasteiger partial charge in [-0.15, -0.1) is 0 Å². The Morgan fingerprint density at radius 3 is 2.95 bits per heavy atom. The van der Waals surface area contributed by atoms with Gasteiger partial charge in [0.05, 0.1) is 5.56 Å². The molecule has 5 nitrogen and oxygen atoms in total. The molecule has 5 heteroatoms. The van der Waals surface area contributed by atoms with Crippen LogP contribution in [0.2, 0.25) is 0 Å². The summed E-state index contributed by atoms with van der Waals surface area (Å²) in [6.07, 6.45) is 3.61. The zero-order valence-electron chi connectivity index (χ0n) is 11.0. The molecule has 19 heavy (non-hydrogen) atoms. The van der Waals surface area contributed by atoms with Crippen LogP contribution < -0.4 is 4.74 Å². The van der Waals surface area contributed by atoms with Crippen LogP contribution in [0.25, 0.3) is 0 Å². The molecule has 0 aliphatic heterocycles. The van der Waals surface area contributed by atoms with Crippen molar-refractivity contribution in [2.24, 2.45) is 0 Å². The zero-order chi connectivity index (χ0) is 13.8. The molecule has 0 unspecified atom stereocenters. The van der Waals surface area contributed by atoms with Crippen LogP contribution in [0.15, 0.2) is 30.6 Å². The Labute approximate surface area is 111 Å². The molecule has 2 aromatic rings. The summed E-state index contributed by atoms with van der Waals surface area (Å²) in [6, 6.07) is 4.85. The number of carboxylic acid groups (broad SMARTS) is 1. The summed E-state index contributed by atoms with van der Waals surface area (Å²) in [5, 5.41) is 8.96. The Morgan fingerprint density at radius 2 is 2.26 bits per heavy atom. The highest BCUT2D eigenvalue weighted by Crippen LogP contribution is 2.20. The van der Waals surface area contributed by atoms with Gasteiger partial charge in [-0.3, -0.25) is 0 Å². The van der Waals surface area contributed by atoms with Crippen LogP contribution in [0, 0.1) is 6.92 Å². The SMILES string of the molecule is CCn1ccnc1COc1cc(C(=O)O)ccc1C. The second kappa shape index (κ2) is 5.56. The third-order valence-corrected chi connectivity index (χ3v) is 2.93. The van der Waals surface area contributed by atoms with E-state index in [-0.39, 0.29) is 5.56 Å². The second-order valence-electron chi connectivity index (χ2n) is 4.20. The number of ether oxygens (including phenoxy) is 1. The van der Waals surface area contributed by atoms with E-state index in [1.165, 1.54) is 6.07 Å². The first-order valence-electron chi connectivity index (χ1n) is 6.08. The van der Waals surface area contributed by atoms with Gasteiger partial charge in [-0.25, -0.2) is 9.78 Å². The highest BCUT2D eigenvalue weighted by molar-refractivity contribution is 5.88. The highest BCUT2D eigenvalue weighted by atomic mass is 16.5. The Balaban J connectivity index is 2.15. The van der Waals surface area contributed by atoms with Gasteiger partial charge in [0.15, 0.2) is 0 Å². The molecule has 0 atom stereocenters. The van der Waals surface area contributed by atoms with Crippen LogP contribution in [0.3, 0.4) is 0 Å². The first-order valence-corrected chi connectivity index (χ1v) is 6.08. The average molecular weight is 260 g/mol. The van der Waals surface area contributed by atoms with Crippen LogP contribution in [-0.4, -0.2) is 20.6 Å². The number of carbonyl (C=O) groups is 1. The number of nitrogens with zero attached hydrogens (tertiary/aromatic N) is 2. The molecule has 0 spiro atoms. The molecule has 100 valence electrons. The smallest absolute Gasteiger partial charge is 0.335 e. The fourth-order valence-corrected chi connectivity index (χ4v) is 1.80. The number of imidazole rings is 1. The maximum atomic E-state index is 10.9. The standard InChI is InChI=1S/C14H16N2O3/c1-3-16-7-6-15-13(16)9-19-12-8-11(14(17)18)5-4-10(12)2/h4-8H,3,9H2,1-2H3,(H,17,18). The normalized spacial score (nSPS) is 10.4. The van der Waals surface area contributed by atoms with Crippen molar-refractivity contribution >= 4 is 5.97 Å². The molecule has 0 amide bonds.